The van der Waals surface area contributed by atoms with Crippen molar-refractivity contribution in [1.29, 1.82) is 0 Å². The molecule has 0 spiro atoms. The summed E-state index contributed by atoms with van der Waals surface area (Å²) in [6.45, 7) is 0. The van der Waals surface area contributed by atoms with Gasteiger partial charge in [0.05, 0.1) is 5.02 Å². The van der Waals surface area contributed by atoms with Crippen LogP contribution in [0.2, 0.25) is 10.0 Å². The van der Waals surface area contributed by atoms with E-state index in [-0.39, 0.29) is 5.78 Å². The molecule has 0 fully saturated rings. The molecule has 0 saturated heterocycles. The van der Waals surface area contributed by atoms with Crippen LogP contribution in [0.3, 0.4) is 0 Å². The molecule has 0 bridgehead atoms. The van der Waals surface area contributed by atoms with Crippen molar-refractivity contribution in [1.82, 2.24) is 9.13 Å². The quantitative estimate of drug-likeness (QED) is 0.388. The van der Waals surface area contributed by atoms with Crippen molar-refractivity contribution in [2.75, 3.05) is 0 Å². The summed E-state index contributed by atoms with van der Waals surface area (Å²) >= 11 is 12.2. The second kappa shape index (κ2) is 7.10. The highest BCUT2D eigenvalue weighted by Gasteiger charge is 2.19. The third-order valence-electron chi connectivity index (χ3n) is 4.46. The molecule has 3 nitrogen and oxygen atoms in total. The van der Waals surface area contributed by atoms with E-state index in [0.29, 0.717) is 21.2 Å². The van der Waals surface area contributed by atoms with Crippen molar-refractivity contribution in [3.63, 3.8) is 0 Å². The molecule has 0 amide bonds. The van der Waals surface area contributed by atoms with Gasteiger partial charge in [-0.2, -0.15) is 0 Å². The predicted octanol–water partition coefficient (Wildman–Crippen LogP) is 6.02. The number of rotatable bonds is 4. The van der Waals surface area contributed by atoms with Gasteiger partial charge in [-0.25, -0.2) is 0 Å². The molecule has 0 aliphatic heterocycles. The molecule has 0 unspecified atom stereocenters. The number of carbonyl (C=O) groups excluding carboxylic acids is 1. The van der Waals surface area contributed by atoms with Gasteiger partial charge < -0.3 is 9.13 Å². The summed E-state index contributed by atoms with van der Waals surface area (Å²) in [5, 5.41) is 0.857. The Labute approximate surface area is 167 Å². The molecular weight excluding hydrogens is 379 g/mol. The summed E-state index contributed by atoms with van der Waals surface area (Å²) < 4.78 is 3.92. The summed E-state index contributed by atoms with van der Waals surface area (Å²) in [4.78, 5) is 13.1. The van der Waals surface area contributed by atoms with Crippen molar-refractivity contribution in [2.24, 2.45) is 7.05 Å². The maximum atomic E-state index is 13.1. The van der Waals surface area contributed by atoms with Crippen LogP contribution in [0.4, 0.5) is 0 Å². The van der Waals surface area contributed by atoms with Gasteiger partial charge in [-0.1, -0.05) is 35.3 Å². The van der Waals surface area contributed by atoms with E-state index in [1.807, 2.05) is 77.4 Å². The second-order valence-corrected chi connectivity index (χ2v) is 7.19. The molecule has 27 heavy (non-hydrogen) atoms. The Balaban J connectivity index is 1.74. The van der Waals surface area contributed by atoms with Crippen LogP contribution in [0.5, 0.6) is 0 Å². The first-order valence-electron chi connectivity index (χ1n) is 8.42. The first-order valence-corrected chi connectivity index (χ1v) is 9.18. The van der Waals surface area contributed by atoms with Crippen molar-refractivity contribution in [3.05, 3.63) is 101 Å². The van der Waals surface area contributed by atoms with Crippen molar-refractivity contribution >= 4 is 29.0 Å². The Morgan fingerprint density at radius 3 is 2.26 bits per heavy atom. The molecule has 5 heteroatoms. The third-order valence-corrected chi connectivity index (χ3v) is 5.00. The van der Waals surface area contributed by atoms with Gasteiger partial charge in [-0.3, -0.25) is 4.79 Å². The van der Waals surface area contributed by atoms with Gasteiger partial charge in [0.1, 0.15) is 0 Å². The minimum Gasteiger partial charge on any atom is -0.356 e. The summed E-state index contributed by atoms with van der Waals surface area (Å²) in [5.41, 5.74) is 3.95. The first kappa shape index (κ1) is 17.7. The fourth-order valence-electron chi connectivity index (χ4n) is 3.13. The number of ketones is 1. The second-order valence-electron chi connectivity index (χ2n) is 6.34. The molecule has 0 radical (unpaired) electrons. The number of nitrogens with zero attached hydrogens (tertiary/aromatic N) is 2. The van der Waals surface area contributed by atoms with E-state index in [1.165, 1.54) is 0 Å². The standard InChI is InChI=1S/C22H16Cl2N2O/c1-25-13-19(15-4-7-17(8-5-15)26-10-2-3-11-26)20(14-25)22(27)18-9-6-16(23)12-21(18)24/h2-14H,1H3. The predicted molar refractivity (Wildman–Crippen MR) is 110 cm³/mol. The number of benzene rings is 2. The summed E-state index contributed by atoms with van der Waals surface area (Å²) in [6.07, 6.45) is 7.76. The normalized spacial score (nSPS) is 10.9. The van der Waals surface area contributed by atoms with Crippen LogP contribution in [0.25, 0.3) is 16.8 Å². The molecule has 0 N–H and O–H groups in total. The molecular formula is C22H16Cl2N2O. The average molecular weight is 395 g/mol. The molecule has 2 heterocycles. The number of hydrogen-bond donors (Lipinski definition) is 0. The molecule has 2 aromatic heterocycles. The lowest BCUT2D eigenvalue weighted by Crippen LogP contribution is -2.02. The number of carbonyl (C=O) groups is 1. The van der Waals surface area contributed by atoms with E-state index in [4.69, 9.17) is 23.2 Å². The summed E-state index contributed by atoms with van der Waals surface area (Å²) in [6, 6.07) is 17.0. The lowest BCUT2D eigenvalue weighted by molar-refractivity contribution is 0.103. The molecule has 4 rings (SSSR count). The first-order chi connectivity index (χ1) is 13.0. The fourth-order valence-corrected chi connectivity index (χ4v) is 3.63. The highest BCUT2D eigenvalue weighted by Crippen LogP contribution is 2.30. The zero-order valence-corrected chi connectivity index (χ0v) is 16.1. The van der Waals surface area contributed by atoms with Crippen LogP contribution >= 0.6 is 23.2 Å². The van der Waals surface area contributed by atoms with Gasteiger partial charge >= 0.3 is 0 Å². The molecule has 0 atom stereocenters. The van der Waals surface area contributed by atoms with Gasteiger partial charge in [-0.05, 0) is 48.0 Å². The van der Waals surface area contributed by atoms with Gasteiger partial charge in [0, 0.05) is 59.2 Å². The SMILES string of the molecule is Cn1cc(C(=O)c2ccc(Cl)cc2Cl)c(-c2ccc(-n3cccc3)cc2)c1. The van der Waals surface area contributed by atoms with Crippen LogP contribution in [0.15, 0.2) is 79.4 Å². The lowest BCUT2D eigenvalue weighted by Gasteiger charge is -2.08. The van der Waals surface area contributed by atoms with Crippen LogP contribution in [-0.2, 0) is 7.05 Å². The minimum absolute atomic E-state index is 0.123. The highest BCUT2D eigenvalue weighted by atomic mass is 35.5. The molecule has 134 valence electrons. The van der Waals surface area contributed by atoms with E-state index in [9.17, 15) is 4.79 Å². The number of aromatic nitrogens is 2. The average Bonchev–Trinajstić information content (AvgIpc) is 3.31. The largest absolute Gasteiger partial charge is 0.356 e. The topological polar surface area (TPSA) is 26.9 Å². The maximum absolute atomic E-state index is 13.1. The molecule has 0 aliphatic rings. The summed E-state index contributed by atoms with van der Waals surface area (Å²) in [7, 11) is 1.90. The molecule has 4 aromatic rings. The van der Waals surface area contributed by atoms with Crippen LogP contribution < -0.4 is 0 Å². The fraction of sp³-hybridized carbons (Fsp3) is 0.0455. The Morgan fingerprint density at radius 2 is 1.59 bits per heavy atom. The Bertz CT molecular complexity index is 1110. The van der Waals surface area contributed by atoms with E-state index < -0.39 is 0 Å². The number of aryl methyl sites for hydroxylation is 1. The zero-order valence-electron chi connectivity index (χ0n) is 14.6. The molecule has 0 aliphatic carbocycles. The van der Waals surface area contributed by atoms with E-state index in [2.05, 4.69) is 0 Å². The highest BCUT2D eigenvalue weighted by molar-refractivity contribution is 6.37. The van der Waals surface area contributed by atoms with E-state index in [0.717, 1.165) is 16.8 Å². The Hall–Kier alpha value is -2.75. The lowest BCUT2D eigenvalue weighted by atomic mass is 9.98. The van der Waals surface area contributed by atoms with Gasteiger partial charge in [0.2, 0.25) is 0 Å². The van der Waals surface area contributed by atoms with Gasteiger partial charge in [0.15, 0.2) is 5.78 Å². The maximum Gasteiger partial charge on any atom is 0.196 e. The molecule has 2 aromatic carbocycles. The van der Waals surface area contributed by atoms with Crippen LogP contribution in [-0.4, -0.2) is 14.9 Å². The smallest absolute Gasteiger partial charge is 0.196 e. The van der Waals surface area contributed by atoms with Crippen molar-refractivity contribution < 1.29 is 4.79 Å². The summed E-state index contributed by atoms with van der Waals surface area (Å²) in [5.74, 6) is -0.123. The van der Waals surface area contributed by atoms with E-state index in [1.54, 1.807) is 18.2 Å². The van der Waals surface area contributed by atoms with Gasteiger partial charge in [0.25, 0.3) is 0 Å². The minimum atomic E-state index is -0.123. The van der Waals surface area contributed by atoms with E-state index >= 15 is 0 Å². The number of halogens is 2. The van der Waals surface area contributed by atoms with Crippen molar-refractivity contribution in [3.8, 4) is 16.8 Å². The monoisotopic (exact) mass is 394 g/mol. The third kappa shape index (κ3) is 3.44. The number of hydrogen-bond acceptors (Lipinski definition) is 1. The van der Waals surface area contributed by atoms with Crippen LogP contribution in [0.1, 0.15) is 15.9 Å². The van der Waals surface area contributed by atoms with Crippen molar-refractivity contribution in [2.45, 2.75) is 0 Å². The Kier molecular flexibility index (Phi) is 4.65. The zero-order chi connectivity index (χ0) is 19.0. The molecule has 0 saturated carbocycles. The van der Waals surface area contributed by atoms with Gasteiger partial charge in [-0.15, -0.1) is 0 Å². The van der Waals surface area contributed by atoms with Crippen LogP contribution in [0, 0.1) is 0 Å². The Morgan fingerprint density at radius 1 is 0.889 bits per heavy atom.